The summed E-state index contributed by atoms with van der Waals surface area (Å²) >= 11 is 7.39. The fraction of sp³-hybridized carbons (Fsp3) is 0.214. The second kappa shape index (κ2) is 10.4. The first-order valence-corrected chi connectivity index (χ1v) is 13.5. The van der Waals surface area contributed by atoms with Gasteiger partial charge >= 0.3 is 0 Å². The molecule has 7 nitrogen and oxygen atoms in total. The molecule has 2 aromatic heterocycles. The summed E-state index contributed by atoms with van der Waals surface area (Å²) in [5.74, 6) is 0.872. The molecule has 2 aliphatic heterocycles. The number of hydrogen-bond donors (Lipinski definition) is 1. The van der Waals surface area contributed by atoms with Crippen LogP contribution in [0.5, 0.6) is 0 Å². The van der Waals surface area contributed by atoms with E-state index in [0.717, 1.165) is 59.8 Å². The first-order valence-electron chi connectivity index (χ1n) is 12.2. The van der Waals surface area contributed by atoms with E-state index in [1.807, 2.05) is 55.0 Å². The zero-order chi connectivity index (χ0) is 25.2. The summed E-state index contributed by atoms with van der Waals surface area (Å²) < 4.78 is 0.685. The number of thioether (sulfide) groups is 1. The minimum atomic E-state index is -0.168. The molecule has 9 heteroatoms. The van der Waals surface area contributed by atoms with Crippen LogP contribution < -0.4 is 15.1 Å². The smallest absolute Gasteiger partial charge is 0.238 e. The summed E-state index contributed by atoms with van der Waals surface area (Å²) in [6, 6.07) is 18.1. The van der Waals surface area contributed by atoms with Gasteiger partial charge in [-0.25, -0.2) is 4.98 Å². The fourth-order valence-electron chi connectivity index (χ4n) is 4.64. The van der Waals surface area contributed by atoms with Crippen molar-refractivity contribution < 1.29 is 4.79 Å². The number of fused-ring (bicyclic) bond motifs is 1. The van der Waals surface area contributed by atoms with Crippen LogP contribution >= 0.6 is 23.4 Å². The summed E-state index contributed by atoms with van der Waals surface area (Å²) in [5.41, 5.74) is 5.82. The van der Waals surface area contributed by atoms with Gasteiger partial charge in [0, 0.05) is 49.9 Å². The highest BCUT2D eigenvalue weighted by Crippen LogP contribution is 2.35. The Labute approximate surface area is 224 Å². The van der Waals surface area contributed by atoms with Crippen molar-refractivity contribution in [1.82, 2.24) is 15.0 Å². The number of hydrogen-bond acceptors (Lipinski definition) is 7. The molecule has 0 bridgehead atoms. The summed E-state index contributed by atoms with van der Waals surface area (Å²) in [6.07, 6.45) is 8.08. The second-order valence-corrected chi connectivity index (χ2v) is 10.9. The number of anilines is 3. The number of piperazine rings is 1. The fourth-order valence-corrected chi connectivity index (χ4v) is 5.88. The number of amides is 1. The van der Waals surface area contributed by atoms with Gasteiger partial charge in [-0.15, -0.1) is 11.8 Å². The lowest BCUT2D eigenvalue weighted by Gasteiger charge is -2.36. The largest absolute Gasteiger partial charge is 0.368 e. The molecule has 186 valence electrons. The summed E-state index contributed by atoms with van der Waals surface area (Å²) in [6.45, 7) is 3.62. The lowest BCUT2D eigenvalue weighted by molar-refractivity contribution is -0.115. The molecule has 0 saturated carbocycles. The Morgan fingerprint density at radius 2 is 1.65 bits per heavy atom. The van der Waals surface area contributed by atoms with Crippen molar-refractivity contribution in [2.75, 3.05) is 41.3 Å². The molecule has 1 saturated heterocycles. The minimum Gasteiger partial charge on any atom is -0.368 e. The van der Waals surface area contributed by atoms with E-state index < -0.39 is 0 Å². The van der Waals surface area contributed by atoms with Crippen molar-refractivity contribution in [3.63, 3.8) is 0 Å². The lowest BCUT2D eigenvalue weighted by Crippen LogP contribution is -2.46. The summed E-state index contributed by atoms with van der Waals surface area (Å²) in [5, 5.41) is 2.82. The van der Waals surface area contributed by atoms with E-state index in [1.54, 1.807) is 0 Å². The van der Waals surface area contributed by atoms with Crippen LogP contribution in [0, 0.1) is 0 Å². The van der Waals surface area contributed by atoms with E-state index in [0.29, 0.717) is 10.8 Å². The molecule has 0 aliphatic carbocycles. The van der Waals surface area contributed by atoms with E-state index in [4.69, 9.17) is 16.6 Å². The molecule has 37 heavy (non-hydrogen) atoms. The van der Waals surface area contributed by atoms with Crippen LogP contribution in [0.25, 0.3) is 22.2 Å². The number of carbonyl (C=O) groups is 1. The van der Waals surface area contributed by atoms with Gasteiger partial charge in [0.15, 0.2) is 0 Å². The molecular weight excluding hydrogens is 504 g/mol. The Hall–Kier alpha value is -3.62. The zero-order valence-corrected chi connectivity index (χ0v) is 21.6. The SMILES string of the molecule is O=C(Nc1ccc(-c2ccc3ncc(N4CCN(c5ccncc5)CC4)nc3c2)cc1)C1CC=C(Cl)S1. The van der Waals surface area contributed by atoms with Crippen molar-refractivity contribution >= 4 is 57.5 Å². The number of allylic oxidation sites excluding steroid dienone is 1. The van der Waals surface area contributed by atoms with Crippen molar-refractivity contribution in [3.05, 3.63) is 83.6 Å². The van der Waals surface area contributed by atoms with Gasteiger partial charge in [0.05, 0.1) is 26.8 Å². The van der Waals surface area contributed by atoms with Crippen molar-refractivity contribution in [1.29, 1.82) is 0 Å². The third-order valence-electron chi connectivity index (χ3n) is 6.69. The van der Waals surface area contributed by atoms with Gasteiger partial charge in [0.25, 0.3) is 0 Å². The van der Waals surface area contributed by atoms with E-state index >= 15 is 0 Å². The molecule has 4 heterocycles. The van der Waals surface area contributed by atoms with Crippen molar-refractivity contribution in [2.45, 2.75) is 11.7 Å². The number of nitrogens with one attached hydrogen (secondary N) is 1. The topological polar surface area (TPSA) is 74.2 Å². The van der Waals surface area contributed by atoms with Gasteiger partial charge in [-0.05, 0) is 53.9 Å². The maximum absolute atomic E-state index is 12.5. The first-order chi connectivity index (χ1) is 18.1. The Kier molecular flexibility index (Phi) is 6.68. The molecule has 1 atom stereocenters. The average molecular weight is 529 g/mol. The van der Waals surface area contributed by atoms with E-state index in [2.05, 4.69) is 49.4 Å². The predicted octanol–water partition coefficient (Wildman–Crippen LogP) is 5.54. The Balaban J connectivity index is 1.14. The Bertz CT molecular complexity index is 1460. The highest BCUT2D eigenvalue weighted by atomic mass is 35.5. The maximum atomic E-state index is 12.5. The molecule has 1 N–H and O–H groups in total. The van der Waals surface area contributed by atoms with E-state index in [-0.39, 0.29) is 11.2 Å². The predicted molar refractivity (Wildman–Crippen MR) is 152 cm³/mol. The molecule has 1 unspecified atom stereocenters. The standard InChI is InChI=1S/C28H25ClN6OS/c29-26-8-7-25(37-26)28(36)32-21-4-1-19(2-5-21)20-3-6-23-24(17-20)33-27(18-31-23)35-15-13-34(14-16-35)22-9-11-30-12-10-22/h1-6,8-12,17-18,25H,7,13-16H2,(H,32,36). The number of benzene rings is 2. The number of aromatic nitrogens is 3. The number of carbonyl (C=O) groups excluding carboxylic acids is 1. The molecule has 0 radical (unpaired) electrons. The Morgan fingerprint density at radius 3 is 2.38 bits per heavy atom. The average Bonchev–Trinajstić information content (AvgIpc) is 3.40. The second-order valence-electron chi connectivity index (χ2n) is 9.03. The van der Waals surface area contributed by atoms with E-state index in [1.165, 1.54) is 17.4 Å². The number of pyridine rings is 1. The van der Waals surface area contributed by atoms with Gasteiger partial charge in [0.1, 0.15) is 5.82 Å². The number of rotatable bonds is 5. The lowest BCUT2D eigenvalue weighted by atomic mass is 10.0. The van der Waals surface area contributed by atoms with Crippen LogP contribution in [0.3, 0.4) is 0 Å². The third-order valence-corrected chi connectivity index (χ3v) is 8.19. The van der Waals surface area contributed by atoms with Gasteiger partial charge in [-0.1, -0.05) is 35.9 Å². The van der Waals surface area contributed by atoms with Crippen molar-refractivity contribution in [3.8, 4) is 11.1 Å². The highest BCUT2D eigenvalue weighted by Gasteiger charge is 2.24. The zero-order valence-electron chi connectivity index (χ0n) is 20.0. The normalized spacial score (nSPS) is 17.6. The highest BCUT2D eigenvalue weighted by molar-refractivity contribution is 8.06. The van der Waals surface area contributed by atoms with Gasteiger partial charge in [-0.3, -0.25) is 14.8 Å². The number of halogens is 1. The van der Waals surface area contributed by atoms with Crippen LogP contribution in [-0.2, 0) is 4.79 Å². The summed E-state index contributed by atoms with van der Waals surface area (Å²) in [4.78, 5) is 30.9. The van der Waals surface area contributed by atoms with Crippen LogP contribution in [0.4, 0.5) is 17.2 Å². The maximum Gasteiger partial charge on any atom is 0.238 e. The van der Waals surface area contributed by atoms with Crippen LogP contribution in [0.1, 0.15) is 6.42 Å². The molecule has 6 rings (SSSR count). The van der Waals surface area contributed by atoms with Crippen LogP contribution in [-0.4, -0.2) is 52.3 Å². The monoisotopic (exact) mass is 528 g/mol. The minimum absolute atomic E-state index is 0.0280. The van der Waals surface area contributed by atoms with Gasteiger partial charge in [0.2, 0.25) is 5.91 Å². The van der Waals surface area contributed by atoms with E-state index in [9.17, 15) is 4.79 Å². The first kappa shape index (κ1) is 23.8. The molecule has 1 fully saturated rings. The van der Waals surface area contributed by atoms with Crippen LogP contribution in [0.2, 0.25) is 0 Å². The molecule has 1 amide bonds. The molecular formula is C28H25ClN6OS. The quantitative estimate of drug-likeness (QED) is 0.364. The summed E-state index contributed by atoms with van der Waals surface area (Å²) in [7, 11) is 0. The Morgan fingerprint density at radius 1 is 0.919 bits per heavy atom. The number of nitrogens with zero attached hydrogens (tertiary/aromatic N) is 5. The molecule has 2 aromatic carbocycles. The molecule has 4 aromatic rings. The van der Waals surface area contributed by atoms with Crippen LogP contribution in [0.15, 0.2) is 83.6 Å². The molecule has 2 aliphatic rings. The van der Waals surface area contributed by atoms with Gasteiger partial charge in [-0.2, -0.15) is 0 Å². The van der Waals surface area contributed by atoms with Crippen molar-refractivity contribution in [2.24, 2.45) is 0 Å². The molecule has 0 spiro atoms. The van der Waals surface area contributed by atoms with Gasteiger partial charge < -0.3 is 15.1 Å². The third kappa shape index (κ3) is 5.26.